The Morgan fingerprint density at radius 2 is 1.94 bits per heavy atom. The second kappa shape index (κ2) is 6.05. The Kier molecular flexibility index (Phi) is 5.20. The Hall–Kier alpha value is -0.570. The molecular weight excluding hydrogens is 226 g/mol. The maximum Gasteiger partial charge on any atom is 0.326 e. The van der Waals surface area contributed by atoms with Gasteiger partial charge >= 0.3 is 5.97 Å². The molecule has 0 aromatic carbocycles. The average Bonchev–Trinajstić information content (AvgIpc) is 2.48. The highest BCUT2D eigenvalue weighted by Gasteiger charge is 2.42. The molecule has 2 unspecified atom stereocenters. The maximum absolute atomic E-state index is 12.2. The molecule has 0 aliphatic heterocycles. The first-order valence-electron chi connectivity index (χ1n) is 7.21. The molecule has 0 amide bonds. The van der Waals surface area contributed by atoms with Crippen LogP contribution in [-0.2, 0) is 9.53 Å². The predicted molar refractivity (Wildman–Crippen MR) is 74.5 cm³/mol. The van der Waals surface area contributed by atoms with Crippen molar-refractivity contribution in [1.29, 1.82) is 0 Å². The Morgan fingerprint density at radius 1 is 1.28 bits per heavy atom. The molecule has 0 saturated heterocycles. The smallest absolute Gasteiger partial charge is 0.326 e. The monoisotopic (exact) mass is 255 g/mol. The number of hydrogen-bond acceptors (Lipinski definition) is 3. The number of carbonyl (C=O) groups excluding carboxylic acids is 1. The van der Waals surface area contributed by atoms with Gasteiger partial charge in [0.1, 0.15) is 5.54 Å². The van der Waals surface area contributed by atoms with Gasteiger partial charge in [-0.25, -0.2) is 0 Å². The van der Waals surface area contributed by atoms with Gasteiger partial charge in [-0.05, 0) is 44.4 Å². The maximum atomic E-state index is 12.2. The summed E-state index contributed by atoms with van der Waals surface area (Å²) in [5.41, 5.74) is -0.120. The topological polar surface area (TPSA) is 38.3 Å². The lowest BCUT2D eigenvalue weighted by Gasteiger charge is -2.34. The minimum Gasteiger partial charge on any atom is -0.468 e. The van der Waals surface area contributed by atoms with Crippen LogP contribution >= 0.6 is 0 Å². The van der Waals surface area contributed by atoms with Crippen LogP contribution in [0, 0.1) is 5.41 Å². The quantitative estimate of drug-likeness (QED) is 0.619. The van der Waals surface area contributed by atoms with Gasteiger partial charge in [0.05, 0.1) is 7.11 Å². The van der Waals surface area contributed by atoms with Gasteiger partial charge < -0.3 is 4.74 Å². The Balaban J connectivity index is 2.87. The molecule has 106 valence electrons. The van der Waals surface area contributed by atoms with Gasteiger partial charge in [-0.15, -0.1) is 0 Å². The number of rotatable bonds is 4. The van der Waals surface area contributed by atoms with Crippen LogP contribution in [0.1, 0.15) is 66.2 Å². The van der Waals surface area contributed by atoms with Gasteiger partial charge in [-0.3, -0.25) is 10.1 Å². The number of methoxy groups -OCH3 is 1. The van der Waals surface area contributed by atoms with Crippen molar-refractivity contribution in [3.8, 4) is 0 Å². The van der Waals surface area contributed by atoms with Gasteiger partial charge in [-0.1, -0.05) is 27.2 Å². The van der Waals surface area contributed by atoms with Gasteiger partial charge in [0.25, 0.3) is 0 Å². The third-order valence-corrected chi connectivity index (χ3v) is 4.40. The van der Waals surface area contributed by atoms with E-state index < -0.39 is 5.54 Å². The summed E-state index contributed by atoms with van der Waals surface area (Å²) < 4.78 is 5.06. The first-order chi connectivity index (χ1) is 8.35. The average molecular weight is 255 g/mol. The van der Waals surface area contributed by atoms with Crippen molar-refractivity contribution in [2.24, 2.45) is 5.41 Å². The van der Waals surface area contributed by atoms with Crippen molar-refractivity contribution in [3.63, 3.8) is 0 Å². The summed E-state index contributed by atoms with van der Waals surface area (Å²) in [5, 5.41) is 3.54. The van der Waals surface area contributed by atoms with Crippen LogP contribution in [0.25, 0.3) is 0 Å². The van der Waals surface area contributed by atoms with Crippen molar-refractivity contribution in [2.75, 3.05) is 7.11 Å². The first kappa shape index (κ1) is 15.5. The summed E-state index contributed by atoms with van der Waals surface area (Å²) in [5.74, 6) is -0.0829. The summed E-state index contributed by atoms with van der Waals surface area (Å²) in [6, 6.07) is 0.352. The van der Waals surface area contributed by atoms with Crippen LogP contribution in [0.3, 0.4) is 0 Å². The number of hydrogen-bond donors (Lipinski definition) is 1. The van der Waals surface area contributed by atoms with Crippen LogP contribution in [0.4, 0.5) is 0 Å². The van der Waals surface area contributed by atoms with Crippen molar-refractivity contribution in [3.05, 3.63) is 0 Å². The van der Waals surface area contributed by atoms with E-state index in [-0.39, 0.29) is 5.97 Å². The van der Waals surface area contributed by atoms with E-state index in [0.29, 0.717) is 11.5 Å². The molecule has 2 atom stereocenters. The van der Waals surface area contributed by atoms with E-state index in [1.165, 1.54) is 13.5 Å². The van der Waals surface area contributed by atoms with E-state index in [0.717, 1.165) is 32.1 Å². The third-order valence-electron chi connectivity index (χ3n) is 4.40. The van der Waals surface area contributed by atoms with Gasteiger partial charge in [0.15, 0.2) is 0 Å². The second-order valence-corrected chi connectivity index (χ2v) is 6.55. The van der Waals surface area contributed by atoms with E-state index >= 15 is 0 Å². The molecule has 1 aliphatic carbocycles. The minimum absolute atomic E-state index is 0.0829. The fourth-order valence-electron chi connectivity index (χ4n) is 2.85. The second-order valence-electron chi connectivity index (χ2n) is 6.55. The molecule has 3 nitrogen and oxygen atoms in total. The molecule has 1 rings (SSSR count). The van der Waals surface area contributed by atoms with E-state index in [2.05, 4.69) is 33.0 Å². The zero-order chi connectivity index (χ0) is 13.8. The highest BCUT2D eigenvalue weighted by molar-refractivity contribution is 5.80. The summed E-state index contributed by atoms with van der Waals surface area (Å²) in [7, 11) is 1.50. The summed E-state index contributed by atoms with van der Waals surface area (Å²) >= 11 is 0. The number of ether oxygens (including phenoxy) is 1. The Morgan fingerprint density at radius 3 is 2.50 bits per heavy atom. The molecule has 0 radical (unpaired) electrons. The number of nitrogens with one attached hydrogen (secondary N) is 1. The molecule has 18 heavy (non-hydrogen) atoms. The highest BCUT2D eigenvalue weighted by Crippen LogP contribution is 2.38. The van der Waals surface area contributed by atoms with E-state index in [9.17, 15) is 4.79 Å². The fraction of sp³-hybridized carbons (Fsp3) is 0.933. The highest BCUT2D eigenvalue weighted by atomic mass is 16.5. The fourth-order valence-corrected chi connectivity index (χ4v) is 2.85. The summed E-state index contributed by atoms with van der Waals surface area (Å²) in [4.78, 5) is 12.2. The lowest BCUT2D eigenvalue weighted by atomic mass is 9.83. The SMILES string of the molecule is CCC(C)NC1(C(=O)OC)CCCC(C)(C)CC1. The van der Waals surface area contributed by atoms with Crippen LogP contribution in [0.15, 0.2) is 0 Å². The van der Waals surface area contributed by atoms with E-state index in [1.807, 2.05) is 0 Å². The van der Waals surface area contributed by atoms with Crippen LogP contribution in [0.2, 0.25) is 0 Å². The molecule has 0 aromatic heterocycles. The standard InChI is InChI=1S/C15H29NO2/c1-6-12(2)16-15(13(17)18-5)9-7-8-14(3,4)10-11-15/h12,16H,6-11H2,1-5H3. The first-order valence-corrected chi connectivity index (χ1v) is 7.21. The molecule has 0 heterocycles. The zero-order valence-electron chi connectivity index (χ0n) is 12.6. The van der Waals surface area contributed by atoms with Crippen molar-refractivity contribution >= 4 is 5.97 Å². The normalized spacial score (nSPS) is 29.4. The summed E-state index contributed by atoms with van der Waals surface area (Å²) in [6.45, 7) is 8.87. The Bertz CT molecular complexity index is 288. The largest absolute Gasteiger partial charge is 0.468 e. The van der Waals surface area contributed by atoms with Gasteiger partial charge in [0.2, 0.25) is 0 Å². The minimum atomic E-state index is -0.460. The molecule has 1 aliphatic rings. The molecule has 0 bridgehead atoms. The van der Waals surface area contributed by atoms with Crippen LogP contribution in [-0.4, -0.2) is 24.7 Å². The van der Waals surface area contributed by atoms with Crippen molar-refractivity contribution in [1.82, 2.24) is 5.32 Å². The Labute approximate surface area is 112 Å². The lowest BCUT2D eigenvalue weighted by Crippen LogP contribution is -2.55. The molecule has 1 fully saturated rings. The molecule has 1 N–H and O–H groups in total. The van der Waals surface area contributed by atoms with Gasteiger partial charge in [0, 0.05) is 6.04 Å². The predicted octanol–water partition coefficient (Wildman–Crippen LogP) is 3.28. The number of esters is 1. The zero-order valence-corrected chi connectivity index (χ0v) is 12.6. The van der Waals surface area contributed by atoms with Crippen LogP contribution in [0.5, 0.6) is 0 Å². The molecule has 0 spiro atoms. The third kappa shape index (κ3) is 3.71. The molecule has 0 aromatic rings. The van der Waals surface area contributed by atoms with Crippen molar-refractivity contribution in [2.45, 2.75) is 77.8 Å². The summed E-state index contributed by atoms with van der Waals surface area (Å²) in [6.07, 6.45) is 6.16. The molecule has 3 heteroatoms. The van der Waals surface area contributed by atoms with Gasteiger partial charge in [-0.2, -0.15) is 0 Å². The van der Waals surface area contributed by atoms with Crippen molar-refractivity contribution < 1.29 is 9.53 Å². The number of carbonyl (C=O) groups is 1. The molecular formula is C15H29NO2. The van der Waals surface area contributed by atoms with E-state index in [4.69, 9.17) is 4.74 Å². The van der Waals surface area contributed by atoms with Crippen LogP contribution < -0.4 is 5.32 Å². The van der Waals surface area contributed by atoms with E-state index in [1.54, 1.807) is 0 Å². The molecule has 1 saturated carbocycles. The lowest BCUT2D eigenvalue weighted by molar-refractivity contribution is -0.149.